The maximum Gasteiger partial charge on any atom is 0.410 e. The molecule has 2 N–H and O–H groups in total. The number of benzene rings is 2. The van der Waals surface area contributed by atoms with E-state index >= 15 is 0 Å². The zero-order valence-corrected chi connectivity index (χ0v) is 19.2. The summed E-state index contributed by atoms with van der Waals surface area (Å²) < 4.78 is 26.0. The number of hydrogen-bond donors (Lipinski definition) is 1. The van der Waals surface area contributed by atoms with E-state index in [-0.39, 0.29) is 18.0 Å². The lowest BCUT2D eigenvalue weighted by Crippen LogP contribution is -2.43. The van der Waals surface area contributed by atoms with Crippen LogP contribution in [-0.4, -0.2) is 42.1 Å². The molecule has 8 nitrogen and oxygen atoms in total. The molecule has 176 valence electrons. The zero-order chi connectivity index (χ0) is 23.8. The van der Waals surface area contributed by atoms with Crippen LogP contribution in [0.25, 0.3) is 11.1 Å². The molecule has 0 unspecified atom stereocenters. The van der Waals surface area contributed by atoms with Crippen LogP contribution in [0.5, 0.6) is 0 Å². The van der Waals surface area contributed by atoms with Gasteiger partial charge < -0.3 is 20.2 Å². The highest BCUT2D eigenvalue weighted by atomic mass is 19.1. The second-order valence-electron chi connectivity index (χ2n) is 8.81. The van der Waals surface area contributed by atoms with E-state index in [0.29, 0.717) is 30.9 Å². The summed E-state index contributed by atoms with van der Waals surface area (Å²) in [6.45, 7) is 7.29. The van der Waals surface area contributed by atoms with E-state index in [1.807, 2.05) is 45.0 Å². The number of carbonyl (C=O) groups is 1. The lowest BCUT2D eigenvalue weighted by Gasteiger charge is -2.33. The third-order valence-electron chi connectivity index (χ3n) is 5.12. The van der Waals surface area contributed by atoms with Crippen LogP contribution in [-0.2, 0) is 16.1 Å². The van der Waals surface area contributed by atoms with Crippen molar-refractivity contribution in [3.63, 3.8) is 0 Å². The molecule has 0 aliphatic carbocycles. The Hall–Kier alpha value is -3.33. The van der Waals surface area contributed by atoms with Gasteiger partial charge in [0.25, 0.3) is 0 Å². The Kier molecular flexibility index (Phi) is 8.11. The first-order valence-corrected chi connectivity index (χ1v) is 10.9. The first-order valence-electron chi connectivity index (χ1n) is 10.9. The molecule has 1 saturated heterocycles. The molecule has 9 heteroatoms. The van der Waals surface area contributed by atoms with Gasteiger partial charge in [0, 0.05) is 24.7 Å². The van der Waals surface area contributed by atoms with E-state index in [2.05, 4.69) is 15.3 Å². The normalized spacial score (nSPS) is 15.5. The molecule has 1 amide bonds. The number of carbonyl (C=O) groups excluding carboxylic acids is 1. The molecule has 3 rings (SSSR count). The summed E-state index contributed by atoms with van der Waals surface area (Å²) in [6.07, 6.45) is 2.51. The standard InChI is InChI=1S/C24H30FN5O3/c1-24(2,3)33-23(31)30-12-10-20(11-13-30)32-15-17-4-6-18(7-5-17)21-9-8-19(14-22(21)25)27-16-28-29-26/h4-9,14,16,20H,10-13,15H2,1-3H3,(H2,26,27,28). The van der Waals surface area contributed by atoms with Crippen LogP contribution in [0.15, 0.2) is 57.8 Å². The van der Waals surface area contributed by atoms with Crippen molar-refractivity contribution in [1.29, 1.82) is 0 Å². The Balaban J connectivity index is 1.50. The van der Waals surface area contributed by atoms with Crippen LogP contribution in [0.4, 0.5) is 14.9 Å². The molecule has 1 aliphatic rings. The van der Waals surface area contributed by atoms with Crippen LogP contribution < -0.4 is 5.84 Å². The van der Waals surface area contributed by atoms with Gasteiger partial charge >= 0.3 is 6.09 Å². The number of likely N-dealkylation sites (tertiary alicyclic amines) is 1. The van der Waals surface area contributed by atoms with Gasteiger partial charge in [0.2, 0.25) is 0 Å². The van der Waals surface area contributed by atoms with E-state index in [0.717, 1.165) is 30.3 Å². The van der Waals surface area contributed by atoms with Gasteiger partial charge in [-0.3, -0.25) is 0 Å². The summed E-state index contributed by atoms with van der Waals surface area (Å²) in [5.74, 6) is 4.52. The Morgan fingerprint density at radius 2 is 1.88 bits per heavy atom. The highest BCUT2D eigenvalue weighted by molar-refractivity contribution is 5.69. The second kappa shape index (κ2) is 11.0. The molecule has 2 aromatic rings. The number of ether oxygens (including phenoxy) is 2. The summed E-state index contributed by atoms with van der Waals surface area (Å²) >= 11 is 0. The molecule has 0 aromatic heterocycles. The molecule has 1 aliphatic heterocycles. The number of nitrogens with two attached hydrogens (primary N) is 1. The summed E-state index contributed by atoms with van der Waals surface area (Å²) in [5.41, 5.74) is 2.18. The van der Waals surface area contributed by atoms with Crippen molar-refractivity contribution in [3.8, 4) is 11.1 Å². The fraction of sp³-hybridized carbons (Fsp3) is 0.417. The Morgan fingerprint density at radius 1 is 1.18 bits per heavy atom. The largest absolute Gasteiger partial charge is 0.444 e. The first kappa shape index (κ1) is 24.3. The van der Waals surface area contributed by atoms with Gasteiger partial charge in [-0.05, 0) is 56.9 Å². The zero-order valence-electron chi connectivity index (χ0n) is 19.2. The summed E-state index contributed by atoms with van der Waals surface area (Å²) in [6, 6.07) is 12.3. The minimum absolute atomic E-state index is 0.0905. The van der Waals surface area contributed by atoms with E-state index in [1.165, 1.54) is 6.07 Å². The van der Waals surface area contributed by atoms with Crippen molar-refractivity contribution in [2.45, 2.75) is 51.9 Å². The van der Waals surface area contributed by atoms with E-state index in [1.54, 1.807) is 17.0 Å². The second-order valence-corrected chi connectivity index (χ2v) is 8.81. The van der Waals surface area contributed by atoms with Crippen LogP contribution >= 0.6 is 0 Å². The lowest BCUT2D eigenvalue weighted by atomic mass is 10.0. The van der Waals surface area contributed by atoms with E-state index in [9.17, 15) is 9.18 Å². The molecule has 1 fully saturated rings. The summed E-state index contributed by atoms with van der Waals surface area (Å²) in [4.78, 5) is 17.9. The Bertz CT molecular complexity index is 994. The molecule has 0 bridgehead atoms. The number of aliphatic imine (C=N–C) groups is 1. The predicted octanol–water partition coefficient (Wildman–Crippen LogP) is 5.39. The molecule has 0 saturated carbocycles. The van der Waals surface area contributed by atoms with Crippen molar-refractivity contribution in [2.75, 3.05) is 13.1 Å². The lowest BCUT2D eigenvalue weighted by molar-refractivity contribution is -0.0170. The Morgan fingerprint density at radius 3 is 2.48 bits per heavy atom. The maximum atomic E-state index is 14.5. The van der Waals surface area contributed by atoms with E-state index < -0.39 is 5.60 Å². The minimum Gasteiger partial charge on any atom is -0.444 e. The quantitative estimate of drug-likeness (QED) is 0.207. The third-order valence-corrected chi connectivity index (χ3v) is 5.12. The van der Waals surface area contributed by atoms with Gasteiger partial charge in [0.15, 0.2) is 0 Å². The van der Waals surface area contributed by atoms with Crippen LogP contribution in [0.2, 0.25) is 0 Å². The molecule has 33 heavy (non-hydrogen) atoms. The van der Waals surface area contributed by atoms with Crippen molar-refractivity contribution < 1.29 is 18.7 Å². The molecule has 0 atom stereocenters. The molecule has 2 aromatic carbocycles. The minimum atomic E-state index is -0.493. The van der Waals surface area contributed by atoms with Gasteiger partial charge in [-0.15, -0.1) is 5.11 Å². The van der Waals surface area contributed by atoms with E-state index in [4.69, 9.17) is 15.3 Å². The topological polar surface area (TPSA) is 102 Å². The highest BCUT2D eigenvalue weighted by Crippen LogP contribution is 2.27. The van der Waals surface area contributed by atoms with Gasteiger partial charge in [-0.2, -0.15) is 0 Å². The molecular weight excluding hydrogens is 425 g/mol. The number of amides is 1. The van der Waals surface area contributed by atoms with Gasteiger partial charge in [0.1, 0.15) is 17.8 Å². The fourth-order valence-corrected chi connectivity index (χ4v) is 3.47. The van der Waals surface area contributed by atoms with Crippen molar-refractivity contribution >= 4 is 18.1 Å². The molecule has 1 heterocycles. The number of nitrogens with zero attached hydrogens (tertiary/aromatic N) is 4. The van der Waals surface area contributed by atoms with Gasteiger partial charge in [-0.1, -0.05) is 29.5 Å². The number of halogens is 1. The number of piperidine rings is 1. The number of hydrogen-bond acceptors (Lipinski definition) is 5. The number of rotatable bonds is 6. The molecule has 0 radical (unpaired) electrons. The maximum absolute atomic E-state index is 14.5. The van der Waals surface area contributed by atoms with Gasteiger partial charge in [0.05, 0.1) is 18.4 Å². The van der Waals surface area contributed by atoms with Crippen LogP contribution in [0.3, 0.4) is 0 Å². The predicted molar refractivity (Wildman–Crippen MR) is 125 cm³/mol. The summed E-state index contributed by atoms with van der Waals surface area (Å²) in [7, 11) is 0. The summed E-state index contributed by atoms with van der Waals surface area (Å²) in [5, 5.41) is 6.48. The van der Waals surface area contributed by atoms with Crippen molar-refractivity contribution in [1.82, 2.24) is 4.90 Å². The van der Waals surface area contributed by atoms with Crippen LogP contribution in [0.1, 0.15) is 39.2 Å². The average Bonchev–Trinajstić information content (AvgIpc) is 2.78. The highest BCUT2D eigenvalue weighted by Gasteiger charge is 2.27. The third kappa shape index (κ3) is 7.35. The molecule has 0 spiro atoms. The fourth-order valence-electron chi connectivity index (χ4n) is 3.47. The van der Waals surface area contributed by atoms with Crippen molar-refractivity contribution in [3.05, 3.63) is 53.8 Å². The Labute approximate surface area is 193 Å². The monoisotopic (exact) mass is 455 g/mol. The first-order chi connectivity index (χ1) is 15.7. The van der Waals surface area contributed by atoms with Crippen molar-refractivity contribution in [2.24, 2.45) is 21.2 Å². The van der Waals surface area contributed by atoms with Crippen LogP contribution in [0, 0.1) is 5.82 Å². The SMILES string of the molecule is CC(C)(C)OC(=O)N1CCC(OCc2ccc(-c3ccc(N=CN=NN)cc3F)cc2)CC1. The molecular formula is C24H30FN5O3. The average molecular weight is 456 g/mol. The van der Waals surface area contributed by atoms with Gasteiger partial charge in [-0.25, -0.2) is 14.2 Å². The smallest absolute Gasteiger partial charge is 0.410 e.